The first-order chi connectivity index (χ1) is 9.20. The van der Waals surface area contributed by atoms with Gasteiger partial charge in [0.15, 0.2) is 0 Å². The van der Waals surface area contributed by atoms with Crippen LogP contribution in [0.1, 0.15) is 43.0 Å². The summed E-state index contributed by atoms with van der Waals surface area (Å²) in [6.45, 7) is 2.58. The number of nitrogen functional groups attached to an aromatic ring is 1. The molecule has 0 aliphatic heterocycles. The van der Waals surface area contributed by atoms with Gasteiger partial charge in [-0.15, -0.1) is 11.8 Å². The average molecular weight is 278 g/mol. The highest BCUT2D eigenvalue weighted by Gasteiger charge is 2.17. The fraction of sp³-hybridized carbons (Fsp3) is 0.533. The Morgan fingerprint density at radius 3 is 2.84 bits per heavy atom. The van der Waals surface area contributed by atoms with Gasteiger partial charge in [0.05, 0.1) is 5.56 Å². The number of hydrogen-bond donors (Lipinski definition) is 2. The van der Waals surface area contributed by atoms with Gasteiger partial charge < -0.3 is 11.1 Å². The molecule has 1 aromatic rings. The molecule has 0 bridgehead atoms. The van der Waals surface area contributed by atoms with Crippen molar-refractivity contribution in [3.8, 4) is 0 Å². The van der Waals surface area contributed by atoms with Crippen molar-refractivity contribution in [2.24, 2.45) is 5.92 Å². The molecule has 1 amide bonds. The molecule has 2 rings (SSSR count). The summed E-state index contributed by atoms with van der Waals surface area (Å²) < 4.78 is 0. The normalized spacial score (nSPS) is 15.6. The van der Waals surface area contributed by atoms with Crippen LogP contribution in [0.2, 0.25) is 0 Å². The van der Waals surface area contributed by atoms with E-state index < -0.39 is 0 Å². The van der Waals surface area contributed by atoms with E-state index in [0.717, 1.165) is 27.8 Å². The van der Waals surface area contributed by atoms with Crippen molar-refractivity contribution in [1.82, 2.24) is 5.32 Å². The van der Waals surface area contributed by atoms with Crippen molar-refractivity contribution >= 4 is 23.4 Å². The highest BCUT2D eigenvalue weighted by Crippen LogP contribution is 2.33. The molecule has 4 heteroatoms. The van der Waals surface area contributed by atoms with Crippen LogP contribution in [-0.4, -0.2) is 18.2 Å². The number of carbonyl (C=O) groups is 1. The first kappa shape index (κ1) is 14.3. The van der Waals surface area contributed by atoms with Gasteiger partial charge in [-0.3, -0.25) is 4.79 Å². The molecule has 1 aliphatic carbocycles. The third-order valence-electron chi connectivity index (χ3n) is 3.54. The van der Waals surface area contributed by atoms with Gasteiger partial charge in [0.1, 0.15) is 0 Å². The summed E-state index contributed by atoms with van der Waals surface area (Å²) in [7, 11) is 0. The number of hydrogen-bond acceptors (Lipinski definition) is 3. The van der Waals surface area contributed by atoms with Gasteiger partial charge in [0.25, 0.3) is 5.91 Å². The van der Waals surface area contributed by atoms with E-state index in [0.29, 0.717) is 6.54 Å². The number of amides is 1. The van der Waals surface area contributed by atoms with E-state index in [2.05, 4.69) is 5.32 Å². The molecule has 0 atom stereocenters. The molecule has 1 fully saturated rings. The summed E-state index contributed by atoms with van der Waals surface area (Å²) in [5.41, 5.74) is 7.31. The van der Waals surface area contributed by atoms with Crippen LogP contribution in [0.5, 0.6) is 0 Å². The Balaban J connectivity index is 2.07. The predicted octanol–water partition coefficient (Wildman–Crippen LogP) is 3.30. The first-order valence-electron chi connectivity index (χ1n) is 7.01. The molecule has 1 aromatic carbocycles. The zero-order valence-corrected chi connectivity index (χ0v) is 12.3. The van der Waals surface area contributed by atoms with Crippen LogP contribution in [0.15, 0.2) is 23.1 Å². The maximum atomic E-state index is 12.0. The molecule has 0 unspecified atom stereocenters. The van der Waals surface area contributed by atoms with Crippen LogP contribution in [0, 0.1) is 5.92 Å². The van der Waals surface area contributed by atoms with Crippen molar-refractivity contribution in [2.45, 2.75) is 37.5 Å². The fourth-order valence-electron chi connectivity index (χ4n) is 2.49. The lowest BCUT2D eigenvalue weighted by atomic mass is 10.1. The summed E-state index contributed by atoms with van der Waals surface area (Å²) in [5.74, 6) is 1.89. The van der Waals surface area contributed by atoms with Gasteiger partial charge in [-0.05, 0) is 43.9 Å². The Morgan fingerprint density at radius 1 is 1.42 bits per heavy atom. The lowest BCUT2D eigenvalue weighted by Gasteiger charge is -2.12. The maximum absolute atomic E-state index is 12.0. The first-order valence-corrected chi connectivity index (χ1v) is 7.99. The molecule has 3 nitrogen and oxygen atoms in total. The van der Waals surface area contributed by atoms with Crippen LogP contribution < -0.4 is 11.1 Å². The van der Waals surface area contributed by atoms with Gasteiger partial charge >= 0.3 is 0 Å². The number of carbonyl (C=O) groups excluding carboxylic acids is 1. The highest BCUT2D eigenvalue weighted by molar-refractivity contribution is 7.99. The standard InChI is InChI=1S/C15H22N2OS/c1-2-17-15(18)13-8-7-12(16)9-14(13)19-10-11-5-3-4-6-11/h7-9,11H,2-6,10,16H2,1H3,(H,17,18). The maximum Gasteiger partial charge on any atom is 0.252 e. The molecule has 0 heterocycles. The van der Waals surface area contributed by atoms with Crippen molar-refractivity contribution in [1.29, 1.82) is 0 Å². The number of anilines is 1. The Bertz CT molecular complexity index is 442. The summed E-state index contributed by atoms with van der Waals surface area (Å²) in [4.78, 5) is 13.0. The molecule has 1 aliphatic rings. The molecule has 3 N–H and O–H groups in total. The number of nitrogens with one attached hydrogen (secondary N) is 1. The molecular weight excluding hydrogens is 256 g/mol. The second-order valence-corrected chi connectivity index (χ2v) is 6.14. The Kier molecular flexibility index (Phi) is 5.14. The van der Waals surface area contributed by atoms with E-state index in [1.807, 2.05) is 19.1 Å². The minimum absolute atomic E-state index is 0.00331. The molecular formula is C15H22N2OS. The van der Waals surface area contributed by atoms with E-state index in [4.69, 9.17) is 5.73 Å². The van der Waals surface area contributed by atoms with Gasteiger partial charge in [0.2, 0.25) is 0 Å². The quantitative estimate of drug-likeness (QED) is 0.642. The third-order valence-corrected chi connectivity index (χ3v) is 4.82. The molecule has 1 saturated carbocycles. The zero-order valence-electron chi connectivity index (χ0n) is 11.4. The van der Waals surface area contributed by atoms with Crippen molar-refractivity contribution < 1.29 is 4.79 Å². The van der Waals surface area contributed by atoms with Crippen molar-refractivity contribution in [3.05, 3.63) is 23.8 Å². The molecule has 0 aromatic heterocycles. The van der Waals surface area contributed by atoms with Gasteiger partial charge in [-0.1, -0.05) is 12.8 Å². The minimum Gasteiger partial charge on any atom is -0.399 e. The Labute approximate surface area is 119 Å². The van der Waals surface area contributed by atoms with Crippen LogP contribution in [0.25, 0.3) is 0 Å². The van der Waals surface area contributed by atoms with Crippen molar-refractivity contribution in [2.75, 3.05) is 18.0 Å². The molecule has 104 valence electrons. The Hall–Kier alpha value is -1.16. The highest BCUT2D eigenvalue weighted by atomic mass is 32.2. The molecule has 0 spiro atoms. The fourth-order valence-corrected chi connectivity index (χ4v) is 3.77. The number of nitrogens with two attached hydrogens (primary N) is 1. The van der Waals surface area contributed by atoms with Crippen LogP contribution >= 0.6 is 11.8 Å². The number of rotatable bonds is 5. The lowest BCUT2D eigenvalue weighted by molar-refractivity contribution is 0.0953. The summed E-state index contributed by atoms with van der Waals surface area (Å²) in [6, 6.07) is 5.55. The predicted molar refractivity (Wildman–Crippen MR) is 81.5 cm³/mol. The van der Waals surface area contributed by atoms with E-state index in [1.165, 1.54) is 25.7 Å². The summed E-state index contributed by atoms with van der Waals surface area (Å²) in [6.07, 6.45) is 5.36. The topological polar surface area (TPSA) is 55.1 Å². The zero-order chi connectivity index (χ0) is 13.7. The second kappa shape index (κ2) is 6.85. The average Bonchev–Trinajstić information content (AvgIpc) is 2.89. The number of thioether (sulfide) groups is 1. The SMILES string of the molecule is CCNC(=O)c1ccc(N)cc1SCC1CCCC1. The number of benzene rings is 1. The second-order valence-electron chi connectivity index (χ2n) is 5.08. The summed E-state index contributed by atoms with van der Waals surface area (Å²) >= 11 is 1.77. The van der Waals surface area contributed by atoms with E-state index in [-0.39, 0.29) is 5.91 Å². The molecule has 19 heavy (non-hydrogen) atoms. The van der Waals surface area contributed by atoms with Gasteiger partial charge in [-0.2, -0.15) is 0 Å². The monoisotopic (exact) mass is 278 g/mol. The molecule has 0 radical (unpaired) electrons. The van der Waals surface area contributed by atoms with Gasteiger partial charge in [-0.25, -0.2) is 0 Å². The van der Waals surface area contributed by atoms with Crippen LogP contribution in [-0.2, 0) is 0 Å². The van der Waals surface area contributed by atoms with E-state index in [9.17, 15) is 4.79 Å². The van der Waals surface area contributed by atoms with Crippen LogP contribution in [0.4, 0.5) is 5.69 Å². The minimum atomic E-state index is -0.00331. The van der Waals surface area contributed by atoms with E-state index in [1.54, 1.807) is 17.8 Å². The van der Waals surface area contributed by atoms with E-state index >= 15 is 0 Å². The lowest BCUT2D eigenvalue weighted by Crippen LogP contribution is -2.23. The largest absolute Gasteiger partial charge is 0.399 e. The molecule has 0 saturated heterocycles. The smallest absolute Gasteiger partial charge is 0.252 e. The third kappa shape index (κ3) is 3.90. The summed E-state index contributed by atoms with van der Waals surface area (Å²) in [5, 5.41) is 2.86. The van der Waals surface area contributed by atoms with Crippen molar-refractivity contribution in [3.63, 3.8) is 0 Å². The van der Waals surface area contributed by atoms with Gasteiger partial charge in [0, 0.05) is 22.9 Å². The Morgan fingerprint density at radius 2 is 2.16 bits per heavy atom. The van der Waals surface area contributed by atoms with Crippen LogP contribution in [0.3, 0.4) is 0 Å².